The number of carbonyl (C=O) groups excluding carboxylic acids is 1. The van der Waals surface area contributed by atoms with Crippen LogP contribution in [0.4, 0.5) is 4.79 Å². The molecule has 3 rings (SSSR count). The van der Waals surface area contributed by atoms with Crippen LogP contribution in [0.1, 0.15) is 34.0 Å². The lowest BCUT2D eigenvalue weighted by Gasteiger charge is -2.28. The molecule has 0 aliphatic carbocycles. The zero-order valence-corrected chi connectivity index (χ0v) is 13.5. The zero-order chi connectivity index (χ0) is 17.1. The van der Waals surface area contributed by atoms with Crippen molar-refractivity contribution in [2.24, 2.45) is 0 Å². The number of nitrogens with zero attached hydrogens (tertiary/aromatic N) is 1. The number of carboxylic acid groups (broad SMARTS) is 1. The van der Waals surface area contributed by atoms with Crippen LogP contribution in [0.15, 0.2) is 42.5 Å². The molecule has 0 bridgehead atoms. The van der Waals surface area contributed by atoms with Crippen molar-refractivity contribution in [3.8, 4) is 5.75 Å². The summed E-state index contributed by atoms with van der Waals surface area (Å²) in [5, 5.41) is 9.24. The highest BCUT2D eigenvalue weighted by Crippen LogP contribution is 2.31. The molecule has 5 heteroatoms. The van der Waals surface area contributed by atoms with Crippen LogP contribution in [0.3, 0.4) is 0 Å². The third kappa shape index (κ3) is 3.40. The Bertz CT molecular complexity index is 770. The van der Waals surface area contributed by atoms with E-state index >= 15 is 0 Å². The molecule has 1 amide bonds. The molecule has 2 aromatic rings. The van der Waals surface area contributed by atoms with E-state index in [0.29, 0.717) is 30.9 Å². The summed E-state index contributed by atoms with van der Waals surface area (Å²) in [6.45, 7) is 2.62. The lowest BCUT2D eigenvalue weighted by atomic mass is 9.95. The van der Waals surface area contributed by atoms with Crippen LogP contribution < -0.4 is 4.74 Å². The van der Waals surface area contributed by atoms with Crippen LogP contribution in [0.5, 0.6) is 5.75 Å². The normalized spacial score (nSPS) is 13.3. The summed E-state index contributed by atoms with van der Waals surface area (Å²) in [7, 11) is 0. The fraction of sp³-hybridized carbons (Fsp3) is 0.263. The molecule has 1 heterocycles. The van der Waals surface area contributed by atoms with E-state index < -0.39 is 6.09 Å². The van der Waals surface area contributed by atoms with Gasteiger partial charge in [0.15, 0.2) is 5.78 Å². The summed E-state index contributed by atoms with van der Waals surface area (Å²) in [6, 6.07) is 13.3. The average Bonchev–Trinajstić information content (AvgIpc) is 2.59. The highest BCUT2D eigenvalue weighted by Gasteiger charge is 2.24. The van der Waals surface area contributed by atoms with E-state index in [9.17, 15) is 14.7 Å². The predicted molar refractivity (Wildman–Crippen MR) is 89.4 cm³/mol. The van der Waals surface area contributed by atoms with Gasteiger partial charge < -0.3 is 14.7 Å². The van der Waals surface area contributed by atoms with Gasteiger partial charge in [-0.3, -0.25) is 4.79 Å². The van der Waals surface area contributed by atoms with Gasteiger partial charge in [-0.05, 0) is 36.6 Å². The highest BCUT2D eigenvalue weighted by atomic mass is 16.5. The maximum atomic E-state index is 11.8. The zero-order valence-electron chi connectivity index (χ0n) is 13.5. The summed E-state index contributed by atoms with van der Waals surface area (Å²) in [4.78, 5) is 24.4. The van der Waals surface area contributed by atoms with Gasteiger partial charge >= 0.3 is 6.09 Å². The second-order valence-corrected chi connectivity index (χ2v) is 5.90. The first-order valence-corrected chi connectivity index (χ1v) is 7.86. The standard InChI is InChI=1S/C19H19NO4/c1-13(21)16-9-15-7-8-20(19(22)23)11-17(15)18(10-16)24-12-14-5-3-2-4-6-14/h2-6,9-10H,7-8,11-12H2,1H3,(H,22,23). The fourth-order valence-corrected chi connectivity index (χ4v) is 2.86. The van der Waals surface area contributed by atoms with E-state index in [2.05, 4.69) is 0 Å². The number of rotatable bonds is 4. The molecular weight excluding hydrogens is 306 g/mol. The maximum Gasteiger partial charge on any atom is 0.407 e. The van der Waals surface area contributed by atoms with Crippen LogP contribution in [0.25, 0.3) is 0 Å². The molecule has 2 aromatic carbocycles. The average molecular weight is 325 g/mol. The second kappa shape index (κ2) is 6.74. The molecule has 0 saturated heterocycles. The minimum absolute atomic E-state index is 0.0250. The number of amides is 1. The van der Waals surface area contributed by atoms with Gasteiger partial charge in [-0.25, -0.2) is 4.79 Å². The fourth-order valence-electron chi connectivity index (χ4n) is 2.86. The molecule has 0 spiro atoms. The second-order valence-electron chi connectivity index (χ2n) is 5.90. The number of Topliss-reactive ketones (excluding diaryl/α,β-unsaturated/α-hetero) is 1. The molecule has 0 radical (unpaired) electrons. The Hall–Kier alpha value is -2.82. The number of benzene rings is 2. The number of ketones is 1. The van der Waals surface area contributed by atoms with E-state index in [1.165, 1.54) is 11.8 Å². The Balaban J connectivity index is 1.92. The van der Waals surface area contributed by atoms with Crippen molar-refractivity contribution in [1.82, 2.24) is 4.90 Å². The Morgan fingerprint density at radius 2 is 1.96 bits per heavy atom. The quantitative estimate of drug-likeness (QED) is 0.874. The van der Waals surface area contributed by atoms with Crippen molar-refractivity contribution in [3.63, 3.8) is 0 Å². The summed E-state index contributed by atoms with van der Waals surface area (Å²) >= 11 is 0. The minimum Gasteiger partial charge on any atom is -0.489 e. The van der Waals surface area contributed by atoms with Crippen LogP contribution in [0, 0.1) is 0 Å². The highest BCUT2D eigenvalue weighted by molar-refractivity contribution is 5.95. The van der Waals surface area contributed by atoms with E-state index in [1.807, 2.05) is 36.4 Å². The summed E-state index contributed by atoms with van der Waals surface area (Å²) in [6.07, 6.45) is -0.352. The van der Waals surface area contributed by atoms with Gasteiger partial charge in [-0.1, -0.05) is 30.3 Å². The summed E-state index contributed by atoms with van der Waals surface area (Å²) in [5.41, 5.74) is 3.46. The topological polar surface area (TPSA) is 66.8 Å². The smallest absolute Gasteiger partial charge is 0.407 e. The van der Waals surface area contributed by atoms with Crippen molar-refractivity contribution in [3.05, 3.63) is 64.7 Å². The largest absolute Gasteiger partial charge is 0.489 e. The van der Waals surface area contributed by atoms with Gasteiger partial charge in [0.1, 0.15) is 12.4 Å². The minimum atomic E-state index is -0.940. The van der Waals surface area contributed by atoms with Crippen LogP contribution in [-0.2, 0) is 19.6 Å². The van der Waals surface area contributed by atoms with Crippen molar-refractivity contribution in [1.29, 1.82) is 0 Å². The van der Waals surface area contributed by atoms with E-state index in [4.69, 9.17) is 4.74 Å². The van der Waals surface area contributed by atoms with Crippen molar-refractivity contribution in [2.75, 3.05) is 6.54 Å². The van der Waals surface area contributed by atoms with Gasteiger partial charge in [0.2, 0.25) is 0 Å². The van der Waals surface area contributed by atoms with E-state index in [0.717, 1.165) is 16.7 Å². The molecule has 0 aromatic heterocycles. The lowest BCUT2D eigenvalue weighted by molar-refractivity contribution is 0.101. The van der Waals surface area contributed by atoms with Gasteiger partial charge in [0.05, 0.1) is 6.54 Å². The van der Waals surface area contributed by atoms with Gasteiger partial charge in [-0.15, -0.1) is 0 Å². The molecule has 0 fully saturated rings. The SMILES string of the molecule is CC(=O)c1cc2c(c(OCc3ccccc3)c1)CN(C(=O)O)CC2. The van der Waals surface area contributed by atoms with Crippen molar-refractivity contribution in [2.45, 2.75) is 26.5 Å². The number of ether oxygens (including phenoxy) is 1. The summed E-state index contributed by atoms with van der Waals surface area (Å²) in [5.74, 6) is 0.565. The number of hydrogen-bond donors (Lipinski definition) is 1. The molecule has 0 saturated carbocycles. The predicted octanol–water partition coefficient (Wildman–Crippen LogP) is 3.50. The first kappa shape index (κ1) is 16.1. The number of carbonyl (C=O) groups is 2. The Morgan fingerprint density at radius 3 is 2.62 bits per heavy atom. The summed E-state index contributed by atoms with van der Waals surface area (Å²) < 4.78 is 5.94. The lowest BCUT2D eigenvalue weighted by Crippen LogP contribution is -2.35. The van der Waals surface area contributed by atoms with Gasteiger partial charge in [0.25, 0.3) is 0 Å². The molecule has 1 N–H and O–H groups in total. The Morgan fingerprint density at radius 1 is 1.21 bits per heavy atom. The Labute approximate surface area is 140 Å². The molecule has 124 valence electrons. The van der Waals surface area contributed by atoms with E-state index in [1.54, 1.807) is 6.07 Å². The first-order chi connectivity index (χ1) is 11.5. The monoisotopic (exact) mass is 325 g/mol. The van der Waals surface area contributed by atoms with Crippen LogP contribution in [0.2, 0.25) is 0 Å². The molecule has 24 heavy (non-hydrogen) atoms. The molecular formula is C19H19NO4. The molecule has 1 aliphatic heterocycles. The van der Waals surface area contributed by atoms with Gasteiger partial charge in [-0.2, -0.15) is 0 Å². The van der Waals surface area contributed by atoms with Gasteiger partial charge in [0, 0.05) is 17.7 Å². The van der Waals surface area contributed by atoms with Crippen LogP contribution >= 0.6 is 0 Å². The van der Waals surface area contributed by atoms with E-state index in [-0.39, 0.29) is 12.3 Å². The Kier molecular flexibility index (Phi) is 4.51. The number of hydrogen-bond acceptors (Lipinski definition) is 3. The maximum absolute atomic E-state index is 11.8. The molecule has 5 nitrogen and oxygen atoms in total. The van der Waals surface area contributed by atoms with Crippen LogP contribution in [-0.4, -0.2) is 28.4 Å². The van der Waals surface area contributed by atoms with Crippen molar-refractivity contribution < 1.29 is 19.4 Å². The third-order valence-corrected chi connectivity index (χ3v) is 4.22. The molecule has 0 unspecified atom stereocenters. The molecule has 0 atom stereocenters. The van der Waals surface area contributed by atoms with Crippen molar-refractivity contribution >= 4 is 11.9 Å². The molecule has 1 aliphatic rings. The first-order valence-electron chi connectivity index (χ1n) is 7.86. The third-order valence-electron chi connectivity index (χ3n) is 4.22. The number of fused-ring (bicyclic) bond motifs is 1.